The van der Waals surface area contributed by atoms with Crippen molar-refractivity contribution in [3.05, 3.63) is 88.7 Å². The third-order valence-corrected chi connectivity index (χ3v) is 5.46. The molecule has 170 valence electrons. The molecule has 3 rings (SSSR count). The van der Waals surface area contributed by atoms with E-state index in [9.17, 15) is 19.5 Å². The van der Waals surface area contributed by atoms with Crippen LogP contribution in [0.15, 0.2) is 66.9 Å². The van der Waals surface area contributed by atoms with Crippen LogP contribution in [0.2, 0.25) is 5.02 Å². The van der Waals surface area contributed by atoms with Gasteiger partial charge in [0, 0.05) is 17.3 Å². The number of hydrogen-bond donors (Lipinski definition) is 3. The average Bonchev–Trinajstić information content (AvgIpc) is 2.79. The predicted octanol–water partition coefficient (Wildman–Crippen LogP) is 4.55. The summed E-state index contributed by atoms with van der Waals surface area (Å²) in [6.45, 7) is 1.58. The Labute approximate surface area is 196 Å². The highest BCUT2D eigenvalue weighted by atomic mass is 35.5. The number of nitrogens with zero attached hydrogens (tertiary/aromatic N) is 1. The Morgan fingerprint density at radius 2 is 1.73 bits per heavy atom. The van der Waals surface area contributed by atoms with Crippen molar-refractivity contribution in [1.82, 2.24) is 10.3 Å². The van der Waals surface area contributed by atoms with Crippen LogP contribution >= 0.6 is 11.6 Å². The van der Waals surface area contributed by atoms with Crippen LogP contribution in [-0.4, -0.2) is 39.1 Å². The van der Waals surface area contributed by atoms with E-state index in [2.05, 4.69) is 10.3 Å². The van der Waals surface area contributed by atoms with Crippen LogP contribution in [0.25, 0.3) is 11.1 Å². The van der Waals surface area contributed by atoms with Gasteiger partial charge < -0.3 is 15.5 Å². The first-order valence-corrected chi connectivity index (χ1v) is 10.7. The summed E-state index contributed by atoms with van der Waals surface area (Å²) in [5.41, 5.74) is 2.77. The molecule has 0 saturated carbocycles. The zero-order valence-electron chi connectivity index (χ0n) is 17.9. The van der Waals surface area contributed by atoms with Gasteiger partial charge in [-0.3, -0.25) is 14.6 Å². The Bertz CT molecular complexity index is 1160. The molecule has 0 saturated heterocycles. The maximum absolute atomic E-state index is 12.7. The average molecular weight is 467 g/mol. The minimum absolute atomic E-state index is 0.0424. The molecule has 1 aromatic heterocycles. The standard InChI is InChI=1S/C25H23ClN2O5/c1-15(24(30)31)11-21(28-23(29)22-14-19(25(32)33)9-10-27-22)12-16-5-7-17(8-6-16)18-3-2-4-20(26)13-18/h2-10,13-15,21H,11-12H2,1H3,(H,28,29)(H,30,31)(H,32,33)/t15-,21?/m0/s1. The fourth-order valence-electron chi connectivity index (χ4n) is 3.45. The quantitative estimate of drug-likeness (QED) is 0.426. The molecule has 0 aliphatic carbocycles. The molecule has 7 nitrogen and oxygen atoms in total. The van der Waals surface area contributed by atoms with Crippen LogP contribution in [-0.2, 0) is 11.2 Å². The number of carbonyl (C=O) groups excluding carboxylic acids is 1. The van der Waals surface area contributed by atoms with Crippen molar-refractivity contribution < 1.29 is 24.6 Å². The van der Waals surface area contributed by atoms with E-state index in [4.69, 9.17) is 16.7 Å². The van der Waals surface area contributed by atoms with Gasteiger partial charge in [0.15, 0.2) is 0 Å². The lowest BCUT2D eigenvalue weighted by atomic mass is 9.95. The zero-order chi connectivity index (χ0) is 24.0. The number of halogens is 1. The highest BCUT2D eigenvalue weighted by Crippen LogP contribution is 2.24. The lowest BCUT2D eigenvalue weighted by molar-refractivity contribution is -0.141. The van der Waals surface area contributed by atoms with Crippen LogP contribution in [0.3, 0.4) is 0 Å². The molecule has 0 fully saturated rings. The number of hydrogen-bond acceptors (Lipinski definition) is 4. The number of carbonyl (C=O) groups is 3. The molecule has 1 heterocycles. The highest BCUT2D eigenvalue weighted by Gasteiger charge is 2.22. The minimum atomic E-state index is -1.16. The third kappa shape index (κ3) is 6.63. The number of pyridine rings is 1. The summed E-state index contributed by atoms with van der Waals surface area (Å²) in [7, 11) is 0. The van der Waals surface area contributed by atoms with Crippen molar-refractivity contribution in [2.75, 3.05) is 0 Å². The summed E-state index contributed by atoms with van der Waals surface area (Å²) < 4.78 is 0. The van der Waals surface area contributed by atoms with Crippen LogP contribution in [0.4, 0.5) is 0 Å². The van der Waals surface area contributed by atoms with E-state index in [1.54, 1.807) is 13.0 Å². The number of aromatic carboxylic acids is 1. The fourth-order valence-corrected chi connectivity index (χ4v) is 3.64. The summed E-state index contributed by atoms with van der Waals surface area (Å²) in [6, 6.07) is 17.2. The van der Waals surface area contributed by atoms with Crippen molar-refractivity contribution in [3.63, 3.8) is 0 Å². The molecule has 3 aromatic rings. The van der Waals surface area contributed by atoms with E-state index in [1.807, 2.05) is 42.5 Å². The minimum Gasteiger partial charge on any atom is -0.481 e. The molecule has 8 heteroatoms. The number of benzene rings is 2. The number of amides is 1. The van der Waals surface area contributed by atoms with Crippen LogP contribution < -0.4 is 5.32 Å². The van der Waals surface area contributed by atoms with Gasteiger partial charge in [0.1, 0.15) is 5.69 Å². The Hall–Kier alpha value is -3.71. The molecule has 0 radical (unpaired) electrons. The molecule has 3 N–H and O–H groups in total. The number of aliphatic carboxylic acids is 1. The van der Waals surface area contributed by atoms with E-state index in [-0.39, 0.29) is 17.7 Å². The number of carboxylic acid groups (broad SMARTS) is 2. The van der Waals surface area contributed by atoms with Crippen molar-refractivity contribution in [2.24, 2.45) is 5.92 Å². The van der Waals surface area contributed by atoms with Gasteiger partial charge >= 0.3 is 11.9 Å². The molecular weight excluding hydrogens is 444 g/mol. The van der Waals surface area contributed by atoms with Crippen LogP contribution in [0.5, 0.6) is 0 Å². The normalized spacial score (nSPS) is 12.5. The molecule has 0 bridgehead atoms. The number of carboxylic acids is 2. The van der Waals surface area contributed by atoms with Gasteiger partial charge in [-0.25, -0.2) is 4.79 Å². The van der Waals surface area contributed by atoms with Gasteiger partial charge in [-0.2, -0.15) is 0 Å². The molecule has 0 spiro atoms. The summed E-state index contributed by atoms with van der Waals surface area (Å²) in [6.07, 6.45) is 1.86. The Balaban J connectivity index is 1.77. The predicted molar refractivity (Wildman–Crippen MR) is 124 cm³/mol. The lowest BCUT2D eigenvalue weighted by Crippen LogP contribution is -2.39. The molecule has 1 unspecified atom stereocenters. The van der Waals surface area contributed by atoms with Gasteiger partial charge in [0.25, 0.3) is 5.91 Å². The first kappa shape index (κ1) is 23.9. The molecule has 2 aromatic carbocycles. The summed E-state index contributed by atoms with van der Waals surface area (Å²) in [5.74, 6) is -3.37. The topological polar surface area (TPSA) is 117 Å². The van der Waals surface area contributed by atoms with Crippen molar-refractivity contribution >= 4 is 29.4 Å². The summed E-state index contributed by atoms with van der Waals surface area (Å²) in [5, 5.41) is 21.9. The van der Waals surface area contributed by atoms with Crippen molar-refractivity contribution in [1.29, 1.82) is 0 Å². The van der Waals surface area contributed by atoms with Gasteiger partial charge in [0.2, 0.25) is 0 Å². The number of rotatable bonds is 9. The van der Waals surface area contributed by atoms with E-state index < -0.39 is 29.8 Å². The van der Waals surface area contributed by atoms with Gasteiger partial charge in [-0.15, -0.1) is 0 Å². The van der Waals surface area contributed by atoms with Crippen LogP contribution in [0.1, 0.15) is 39.8 Å². The van der Waals surface area contributed by atoms with Crippen molar-refractivity contribution in [2.45, 2.75) is 25.8 Å². The fraction of sp³-hybridized carbons (Fsp3) is 0.200. The van der Waals surface area contributed by atoms with Crippen LogP contribution in [0, 0.1) is 5.92 Å². The lowest BCUT2D eigenvalue weighted by Gasteiger charge is -2.21. The molecular formula is C25H23ClN2O5. The maximum atomic E-state index is 12.7. The second-order valence-corrected chi connectivity index (χ2v) is 8.23. The first-order valence-electron chi connectivity index (χ1n) is 10.3. The smallest absolute Gasteiger partial charge is 0.335 e. The largest absolute Gasteiger partial charge is 0.481 e. The SMILES string of the molecule is C[C@@H](CC(Cc1ccc(-c2cccc(Cl)c2)cc1)NC(=O)c1cc(C(=O)O)ccn1)C(=O)O. The van der Waals surface area contributed by atoms with Crippen molar-refractivity contribution in [3.8, 4) is 11.1 Å². The summed E-state index contributed by atoms with van der Waals surface area (Å²) in [4.78, 5) is 39.2. The van der Waals surface area contributed by atoms with Gasteiger partial charge in [-0.05, 0) is 53.8 Å². The first-order chi connectivity index (χ1) is 15.7. The second kappa shape index (κ2) is 10.7. The maximum Gasteiger partial charge on any atom is 0.335 e. The molecule has 1 amide bonds. The highest BCUT2D eigenvalue weighted by molar-refractivity contribution is 6.30. The summed E-state index contributed by atoms with van der Waals surface area (Å²) >= 11 is 6.07. The van der Waals surface area contributed by atoms with E-state index in [0.29, 0.717) is 11.4 Å². The number of nitrogens with one attached hydrogen (secondary N) is 1. The Kier molecular flexibility index (Phi) is 7.79. The Morgan fingerprint density at radius 3 is 2.36 bits per heavy atom. The monoisotopic (exact) mass is 466 g/mol. The second-order valence-electron chi connectivity index (χ2n) is 7.79. The van der Waals surface area contributed by atoms with Gasteiger partial charge in [-0.1, -0.05) is 54.9 Å². The number of aromatic nitrogens is 1. The molecule has 0 aliphatic rings. The van der Waals surface area contributed by atoms with Gasteiger partial charge in [0.05, 0.1) is 11.5 Å². The zero-order valence-corrected chi connectivity index (χ0v) is 18.6. The van der Waals surface area contributed by atoms with E-state index in [0.717, 1.165) is 16.7 Å². The molecule has 0 aliphatic heterocycles. The Morgan fingerprint density at radius 1 is 1.00 bits per heavy atom. The van der Waals surface area contributed by atoms with E-state index >= 15 is 0 Å². The molecule has 33 heavy (non-hydrogen) atoms. The third-order valence-electron chi connectivity index (χ3n) is 5.23. The molecule has 2 atom stereocenters. The van der Waals surface area contributed by atoms with E-state index in [1.165, 1.54) is 18.3 Å².